The van der Waals surface area contributed by atoms with Crippen molar-refractivity contribution in [3.05, 3.63) is 65.2 Å². The van der Waals surface area contributed by atoms with Gasteiger partial charge in [0.25, 0.3) is 11.8 Å². The van der Waals surface area contributed by atoms with Crippen LogP contribution in [0.1, 0.15) is 70.6 Å². The molecule has 5 nitrogen and oxygen atoms in total. The summed E-state index contributed by atoms with van der Waals surface area (Å²) in [6, 6.07) is 13.9. The number of hydrogen-bond acceptors (Lipinski definition) is 3. The molecule has 0 bridgehead atoms. The molecule has 2 aromatic rings. The third-order valence-electron chi connectivity index (χ3n) is 5.28. The lowest BCUT2D eigenvalue weighted by Crippen LogP contribution is -2.43. The molecule has 28 heavy (non-hydrogen) atoms. The number of amides is 2. The Morgan fingerprint density at radius 3 is 2.39 bits per heavy atom. The number of nitrogens with one attached hydrogen (secondary N) is 1. The number of carbonyl (C=O) groups excluding carboxylic acids is 3. The minimum absolute atomic E-state index is 0.00740. The van der Waals surface area contributed by atoms with Gasteiger partial charge in [-0.15, -0.1) is 0 Å². The Labute approximate surface area is 165 Å². The predicted molar refractivity (Wildman–Crippen MR) is 110 cm³/mol. The van der Waals surface area contributed by atoms with Crippen molar-refractivity contribution in [2.24, 2.45) is 0 Å². The zero-order chi connectivity index (χ0) is 20.1. The van der Waals surface area contributed by atoms with Crippen LogP contribution in [0.2, 0.25) is 0 Å². The van der Waals surface area contributed by atoms with Crippen molar-refractivity contribution in [2.45, 2.75) is 45.6 Å². The maximum atomic E-state index is 13.0. The molecule has 0 aliphatic carbocycles. The molecule has 1 saturated heterocycles. The number of likely N-dealkylation sites (tertiary alicyclic amines) is 1. The lowest BCUT2D eigenvalue weighted by molar-refractivity contribution is 0.0608. The second kappa shape index (κ2) is 8.83. The maximum absolute atomic E-state index is 13.0. The van der Waals surface area contributed by atoms with Crippen molar-refractivity contribution < 1.29 is 14.4 Å². The molecule has 146 valence electrons. The summed E-state index contributed by atoms with van der Waals surface area (Å²) in [6.07, 6.45) is 4.17. The van der Waals surface area contributed by atoms with E-state index in [1.165, 1.54) is 6.92 Å². The quantitative estimate of drug-likeness (QED) is 0.777. The third-order valence-corrected chi connectivity index (χ3v) is 5.28. The van der Waals surface area contributed by atoms with Crippen LogP contribution in [0.4, 0.5) is 5.69 Å². The Bertz CT molecular complexity index is 874. The molecule has 1 aliphatic rings. The predicted octanol–water partition coefficient (Wildman–Crippen LogP) is 4.55. The fourth-order valence-electron chi connectivity index (χ4n) is 3.64. The van der Waals surface area contributed by atoms with Crippen molar-refractivity contribution in [1.29, 1.82) is 0 Å². The topological polar surface area (TPSA) is 66.5 Å². The summed E-state index contributed by atoms with van der Waals surface area (Å²) in [5.74, 6) is -0.310. The average molecular weight is 378 g/mol. The van der Waals surface area contributed by atoms with Gasteiger partial charge in [0, 0.05) is 35.0 Å². The SMILES string of the molecule is CCC1CCCCN1C(=O)c1cccc(C(=O)Nc2ccc(C(C)=O)cc2)c1. The first-order valence-electron chi connectivity index (χ1n) is 9.83. The Morgan fingerprint density at radius 1 is 1.00 bits per heavy atom. The largest absolute Gasteiger partial charge is 0.336 e. The number of Topliss-reactive ketones (excluding diaryl/α,β-unsaturated/α-hetero) is 1. The molecule has 0 aromatic heterocycles. The average Bonchev–Trinajstić information content (AvgIpc) is 2.73. The molecule has 1 N–H and O–H groups in total. The molecule has 1 heterocycles. The Balaban J connectivity index is 1.74. The standard InChI is InChI=1S/C23H26N2O3/c1-3-21-9-4-5-14-25(21)23(28)19-8-6-7-18(15-19)22(27)24-20-12-10-17(11-13-20)16(2)26/h6-8,10-13,15,21H,3-5,9,14H2,1-2H3,(H,24,27). The second-order valence-corrected chi connectivity index (χ2v) is 7.22. The van der Waals surface area contributed by atoms with Crippen LogP contribution in [0, 0.1) is 0 Å². The summed E-state index contributed by atoms with van der Waals surface area (Å²) in [5, 5.41) is 2.81. The van der Waals surface area contributed by atoms with Gasteiger partial charge >= 0.3 is 0 Å². The molecule has 3 rings (SSSR count). The molecule has 1 fully saturated rings. The summed E-state index contributed by atoms with van der Waals surface area (Å²) >= 11 is 0. The van der Waals surface area contributed by atoms with E-state index in [1.54, 1.807) is 48.5 Å². The van der Waals surface area contributed by atoms with Gasteiger partial charge in [-0.2, -0.15) is 0 Å². The lowest BCUT2D eigenvalue weighted by Gasteiger charge is -2.35. The zero-order valence-corrected chi connectivity index (χ0v) is 16.4. The highest BCUT2D eigenvalue weighted by Gasteiger charge is 2.26. The number of anilines is 1. The first-order chi connectivity index (χ1) is 13.5. The van der Waals surface area contributed by atoms with Gasteiger partial charge in [0.2, 0.25) is 0 Å². The zero-order valence-electron chi connectivity index (χ0n) is 16.4. The van der Waals surface area contributed by atoms with Gasteiger partial charge in [-0.05, 0) is 75.1 Å². The van der Waals surface area contributed by atoms with Crippen LogP contribution in [-0.2, 0) is 0 Å². The Hall–Kier alpha value is -2.95. The van der Waals surface area contributed by atoms with Crippen LogP contribution in [0.3, 0.4) is 0 Å². The molecule has 0 radical (unpaired) electrons. The van der Waals surface area contributed by atoms with Gasteiger partial charge in [-0.1, -0.05) is 13.0 Å². The summed E-state index contributed by atoms with van der Waals surface area (Å²) in [7, 11) is 0. The number of rotatable bonds is 5. The van der Waals surface area contributed by atoms with E-state index in [9.17, 15) is 14.4 Å². The van der Waals surface area contributed by atoms with E-state index < -0.39 is 0 Å². The fraction of sp³-hybridized carbons (Fsp3) is 0.348. The first kappa shape index (κ1) is 19.8. The van der Waals surface area contributed by atoms with Gasteiger partial charge in [0.15, 0.2) is 5.78 Å². The molecule has 1 aliphatic heterocycles. The minimum Gasteiger partial charge on any atom is -0.336 e. The van der Waals surface area contributed by atoms with Crippen LogP contribution in [0.15, 0.2) is 48.5 Å². The monoisotopic (exact) mass is 378 g/mol. The molecule has 1 unspecified atom stereocenters. The normalized spacial score (nSPS) is 16.5. The molecular formula is C23H26N2O3. The van der Waals surface area contributed by atoms with Crippen LogP contribution in [0.5, 0.6) is 0 Å². The number of piperidine rings is 1. The molecule has 2 aromatic carbocycles. The van der Waals surface area contributed by atoms with E-state index in [-0.39, 0.29) is 23.6 Å². The minimum atomic E-state index is -0.282. The van der Waals surface area contributed by atoms with Crippen molar-refractivity contribution in [3.8, 4) is 0 Å². The molecule has 1 atom stereocenters. The van der Waals surface area contributed by atoms with Crippen molar-refractivity contribution >= 4 is 23.3 Å². The van der Waals surface area contributed by atoms with Crippen LogP contribution >= 0.6 is 0 Å². The Kier molecular flexibility index (Phi) is 6.24. The smallest absolute Gasteiger partial charge is 0.255 e. The van der Waals surface area contributed by atoms with Gasteiger partial charge in [0.1, 0.15) is 0 Å². The highest BCUT2D eigenvalue weighted by atomic mass is 16.2. The van der Waals surface area contributed by atoms with Gasteiger partial charge in [0.05, 0.1) is 0 Å². The van der Waals surface area contributed by atoms with E-state index in [0.717, 1.165) is 32.2 Å². The second-order valence-electron chi connectivity index (χ2n) is 7.22. The molecule has 2 amide bonds. The van der Waals surface area contributed by atoms with Crippen LogP contribution in [-0.4, -0.2) is 35.1 Å². The van der Waals surface area contributed by atoms with Gasteiger partial charge < -0.3 is 10.2 Å². The number of carbonyl (C=O) groups is 3. The van der Waals surface area contributed by atoms with E-state index in [0.29, 0.717) is 22.4 Å². The van der Waals surface area contributed by atoms with Gasteiger partial charge in [-0.3, -0.25) is 14.4 Å². The number of nitrogens with zero attached hydrogens (tertiary/aromatic N) is 1. The summed E-state index contributed by atoms with van der Waals surface area (Å²) in [5.41, 5.74) is 2.18. The highest BCUT2D eigenvalue weighted by molar-refractivity contribution is 6.06. The van der Waals surface area contributed by atoms with E-state index in [2.05, 4.69) is 12.2 Å². The lowest BCUT2D eigenvalue weighted by atomic mass is 9.98. The summed E-state index contributed by atoms with van der Waals surface area (Å²) < 4.78 is 0. The first-order valence-corrected chi connectivity index (χ1v) is 9.83. The number of ketones is 1. The van der Waals surface area contributed by atoms with Crippen molar-refractivity contribution in [2.75, 3.05) is 11.9 Å². The van der Waals surface area contributed by atoms with Crippen LogP contribution < -0.4 is 5.32 Å². The number of hydrogen-bond donors (Lipinski definition) is 1. The van der Waals surface area contributed by atoms with E-state index in [4.69, 9.17) is 0 Å². The summed E-state index contributed by atoms with van der Waals surface area (Å²) in [4.78, 5) is 38.9. The van der Waals surface area contributed by atoms with Gasteiger partial charge in [-0.25, -0.2) is 0 Å². The Morgan fingerprint density at radius 2 is 1.71 bits per heavy atom. The molecule has 0 spiro atoms. The fourth-order valence-corrected chi connectivity index (χ4v) is 3.64. The highest BCUT2D eigenvalue weighted by Crippen LogP contribution is 2.22. The third kappa shape index (κ3) is 4.47. The van der Waals surface area contributed by atoms with E-state index >= 15 is 0 Å². The molecule has 0 saturated carbocycles. The van der Waals surface area contributed by atoms with Crippen molar-refractivity contribution in [1.82, 2.24) is 4.90 Å². The number of benzene rings is 2. The maximum Gasteiger partial charge on any atom is 0.255 e. The van der Waals surface area contributed by atoms with Crippen molar-refractivity contribution in [3.63, 3.8) is 0 Å². The van der Waals surface area contributed by atoms with Crippen LogP contribution in [0.25, 0.3) is 0 Å². The molecule has 5 heteroatoms. The van der Waals surface area contributed by atoms with E-state index in [1.807, 2.05) is 4.90 Å². The molecular weight excluding hydrogens is 352 g/mol. The summed E-state index contributed by atoms with van der Waals surface area (Å²) in [6.45, 7) is 4.38.